The van der Waals surface area contributed by atoms with Crippen molar-refractivity contribution in [3.05, 3.63) is 60.2 Å². The average Bonchev–Trinajstić information content (AvgIpc) is 2.54. The highest BCUT2D eigenvalue weighted by atomic mass is 16.5. The molecule has 0 saturated heterocycles. The number of benzene rings is 2. The largest absolute Gasteiger partial charge is 0.457 e. The first-order chi connectivity index (χ1) is 10.2. The molecule has 2 aromatic rings. The molecule has 3 N–H and O–H groups in total. The first-order valence-corrected chi connectivity index (χ1v) is 7.36. The summed E-state index contributed by atoms with van der Waals surface area (Å²) < 4.78 is 5.78. The molecule has 0 fully saturated rings. The molecular formula is C18H23NO2. The van der Waals surface area contributed by atoms with Gasteiger partial charge >= 0.3 is 0 Å². The summed E-state index contributed by atoms with van der Waals surface area (Å²) in [6, 6.07) is 17.9. The van der Waals surface area contributed by atoms with Crippen molar-refractivity contribution in [3.8, 4) is 11.5 Å². The fourth-order valence-electron chi connectivity index (χ4n) is 2.37. The highest BCUT2D eigenvalue weighted by Gasteiger charge is 2.12. The van der Waals surface area contributed by atoms with Crippen LogP contribution in [0.1, 0.15) is 24.8 Å². The SMILES string of the molecule is CC(CC(CN)CO)c1ccc(Oc2ccccc2)cc1. The average molecular weight is 285 g/mol. The number of aliphatic hydroxyl groups excluding tert-OH is 1. The Bertz CT molecular complexity index is 521. The van der Waals surface area contributed by atoms with Gasteiger partial charge in [-0.2, -0.15) is 0 Å². The van der Waals surface area contributed by atoms with Crippen molar-refractivity contribution in [2.45, 2.75) is 19.3 Å². The summed E-state index contributed by atoms with van der Waals surface area (Å²) in [5, 5.41) is 9.23. The number of aliphatic hydroxyl groups is 1. The van der Waals surface area contributed by atoms with Crippen molar-refractivity contribution in [1.29, 1.82) is 0 Å². The predicted molar refractivity (Wildman–Crippen MR) is 85.6 cm³/mol. The zero-order chi connectivity index (χ0) is 15.1. The van der Waals surface area contributed by atoms with Crippen molar-refractivity contribution in [3.63, 3.8) is 0 Å². The van der Waals surface area contributed by atoms with E-state index in [1.807, 2.05) is 42.5 Å². The lowest BCUT2D eigenvalue weighted by Gasteiger charge is -2.18. The van der Waals surface area contributed by atoms with Crippen LogP contribution in [0.2, 0.25) is 0 Å². The van der Waals surface area contributed by atoms with Gasteiger partial charge < -0.3 is 15.6 Å². The molecule has 2 aromatic carbocycles. The molecule has 112 valence electrons. The van der Waals surface area contributed by atoms with E-state index < -0.39 is 0 Å². The summed E-state index contributed by atoms with van der Waals surface area (Å²) in [5.74, 6) is 2.20. The van der Waals surface area contributed by atoms with Gasteiger partial charge in [0, 0.05) is 6.61 Å². The Balaban J connectivity index is 1.98. The topological polar surface area (TPSA) is 55.5 Å². The molecule has 0 heterocycles. The van der Waals surface area contributed by atoms with Crippen LogP contribution >= 0.6 is 0 Å². The van der Waals surface area contributed by atoms with Crippen LogP contribution in [0.25, 0.3) is 0 Å². The quantitative estimate of drug-likeness (QED) is 0.818. The fourth-order valence-corrected chi connectivity index (χ4v) is 2.37. The molecule has 0 aliphatic heterocycles. The van der Waals surface area contributed by atoms with Gasteiger partial charge in [0.2, 0.25) is 0 Å². The predicted octanol–water partition coefficient (Wildman–Crippen LogP) is 3.54. The van der Waals surface area contributed by atoms with E-state index in [4.69, 9.17) is 10.5 Å². The second kappa shape index (κ2) is 7.81. The molecule has 0 bridgehead atoms. The molecule has 0 aromatic heterocycles. The van der Waals surface area contributed by atoms with E-state index in [1.54, 1.807) is 0 Å². The van der Waals surface area contributed by atoms with Gasteiger partial charge in [-0.15, -0.1) is 0 Å². The van der Waals surface area contributed by atoms with Gasteiger partial charge in [-0.1, -0.05) is 37.3 Å². The van der Waals surface area contributed by atoms with E-state index in [2.05, 4.69) is 19.1 Å². The Morgan fingerprint density at radius 3 is 2.19 bits per heavy atom. The van der Waals surface area contributed by atoms with Crippen LogP contribution in [-0.4, -0.2) is 18.3 Å². The zero-order valence-corrected chi connectivity index (χ0v) is 12.4. The summed E-state index contributed by atoms with van der Waals surface area (Å²) >= 11 is 0. The van der Waals surface area contributed by atoms with Crippen LogP contribution in [0, 0.1) is 5.92 Å². The molecule has 0 aliphatic rings. The van der Waals surface area contributed by atoms with Gasteiger partial charge in [0.05, 0.1) is 0 Å². The minimum Gasteiger partial charge on any atom is -0.457 e. The second-order valence-corrected chi connectivity index (χ2v) is 5.41. The van der Waals surface area contributed by atoms with Gasteiger partial charge in [-0.25, -0.2) is 0 Å². The summed E-state index contributed by atoms with van der Waals surface area (Å²) in [6.45, 7) is 2.83. The monoisotopic (exact) mass is 285 g/mol. The van der Waals surface area contributed by atoms with Crippen LogP contribution in [-0.2, 0) is 0 Å². The lowest BCUT2D eigenvalue weighted by Crippen LogP contribution is -2.20. The summed E-state index contributed by atoms with van der Waals surface area (Å²) in [6.07, 6.45) is 0.895. The first-order valence-electron chi connectivity index (χ1n) is 7.36. The molecule has 0 spiro atoms. The van der Waals surface area contributed by atoms with Crippen molar-refractivity contribution < 1.29 is 9.84 Å². The molecule has 0 saturated carbocycles. The summed E-state index contributed by atoms with van der Waals surface area (Å²) in [5.41, 5.74) is 6.88. The summed E-state index contributed by atoms with van der Waals surface area (Å²) in [7, 11) is 0. The first kappa shape index (κ1) is 15.5. The fraction of sp³-hybridized carbons (Fsp3) is 0.333. The lowest BCUT2D eigenvalue weighted by molar-refractivity contribution is 0.217. The van der Waals surface area contributed by atoms with Crippen LogP contribution in [0.4, 0.5) is 0 Å². The minimum atomic E-state index is 0.149. The van der Waals surface area contributed by atoms with Crippen molar-refractivity contribution in [1.82, 2.24) is 0 Å². The highest BCUT2D eigenvalue weighted by molar-refractivity contribution is 5.33. The van der Waals surface area contributed by atoms with Crippen molar-refractivity contribution in [2.24, 2.45) is 11.7 Å². The number of hydrogen-bond donors (Lipinski definition) is 2. The number of nitrogens with two attached hydrogens (primary N) is 1. The van der Waals surface area contributed by atoms with E-state index in [0.717, 1.165) is 17.9 Å². The third-order valence-corrected chi connectivity index (χ3v) is 3.71. The summed E-state index contributed by atoms with van der Waals surface area (Å²) in [4.78, 5) is 0. The van der Waals surface area contributed by atoms with Crippen LogP contribution in [0.15, 0.2) is 54.6 Å². The smallest absolute Gasteiger partial charge is 0.127 e. The van der Waals surface area contributed by atoms with Gasteiger partial charge in [0.25, 0.3) is 0 Å². The van der Waals surface area contributed by atoms with E-state index in [9.17, 15) is 5.11 Å². The van der Waals surface area contributed by atoms with Crippen LogP contribution < -0.4 is 10.5 Å². The third kappa shape index (κ3) is 4.59. The van der Waals surface area contributed by atoms with E-state index in [-0.39, 0.29) is 12.5 Å². The van der Waals surface area contributed by atoms with Gasteiger partial charge in [0.15, 0.2) is 0 Å². The molecule has 2 atom stereocenters. The molecule has 2 unspecified atom stereocenters. The molecular weight excluding hydrogens is 262 g/mol. The lowest BCUT2D eigenvalue weighted by atomic mass is 9.90. The number of hydrogen-bond acceptors (Lipinski definition) is 3. The molecule has 2 rings (SSSR count). The molecule has 3 nitrogen and oxygen atoms in total. The van der Waals surface area contributed by atoms with Gasteiger partial charge in [-0.3, -0.25) is 0 Å². The van der Waals surface area contributed by atoms with E-state index in [1.165, 1.54) is 5.56 Å². The molecule has 0 aliphatic carbocycles. The Kier molecular flexibility index (Phi) is 5.78. The van der Waals surface area contributed by atoms with Gasteiger partial charge in [0.1, 0.15) is 11.5 Å². The Morgan fingerprint density at radius 2 is 1.62 bits per heavy atom. The minimum absolute atomic E-state index is 0.149. The van der Waals surface area contributed by atoms with Crippen molar-refractivity contribution in [2.75, 3.05) is 13.2 Å². The molecule has 3 heteroatoms. The van der Waals surface area contributed by atoms with Crippen molar-refractivity contribution >= 4 is 0 Å². The molecule has 0 radical (unpaired) electrons. The van der Waals surface area contributed by atoms with Crippen LogP contribution in [0.5, 0.6) is 11.5 Å². The standard InChI is InChI=1S/C18H23NO2/c1-14(11-15(12-19)13-20)16-7-9-18(10-8-16)21-17-5-3-2-4-6-17/h2-10,14-15,20H,11-13,19H2,1H3. The van der Waals surface area contributed by atoms with Gasteiger partial charge in [-0.05, 0) is 54.6 Å². The third-order valence-electron chi connectivity index (χ3n) is 3.71. The number of ether oxygens (including phenoxy) is 1. The zero-order valence-electron chi connectivity index (χ0n) is 12.4. The highest BCUT2D eigenvalue weighted by Crippen LogP contribution is 2.27. The maximum absolute atomic E-state index is 9.23. The molecule has 0 amide bonds. The van der Waals surface area contributed by atoms with E-state index in [0.29, 0.717) is 12.5 Å². The Morgan fingerprint density at radius 1 is 1.00 bits per heavy atom. The Labute approximate surface area is 126 Å². The number of para-hydroxylation sites is 1. The maximum atomic E-state index is 9.23. The maximum Gasteiger partial charge on any atom is 0.127 e. The number of rotatable bonds is 7. The Hall–Kier alpha value is -1.84. The molecule has 21 heavy (non-hydrogen) atoms. The normalized spacial score (nSPS) is 13.7. The second-order valence-electron chi connectivity index (χ2n) is 5.41. The van der Waals surface area contributed by atoms with Crippen LogP contribution in [0.3, 0.4) is 0 Å². The van der Waals surface area contributed by atoms with E-state index >= 15 is 0 Å².